The summed E-state index contributed by atoms with van der Waals surface area (Å²) in [5, 5.41) is 3.70. The van der Waals surface area contributed by atoms with E-state index in [1.807, 2.05) is 6.26 Å². The van der Waals surface area contributed by atoms with Crippen molar-refractivity contribution in [2.75, 3.05) is 6.54 Å². The van der Waals surface area contributed by atoms with Crippen LogP contribution in [-0.4, -0.2) is 12.6 Å². The number of nitrogens with one attached hydrogen (secondary N) is 1. The number of rotatable bonds is 5. The molecule has 2 heteroatoms. The Balaban J connectivity index is 1.91. The number of hydrogen-bond acceptors (Lipinski definition) is 2. The molecule has 1 heterocycles. The maximum Gasteiger partial charge on any atom is 0.0935 e. The van der Waals surface area contributed by atoms with Gasteiger partial charge in [0, 0.05) is 6.04 Å². The second-order valence-electron chi connectivity index (χ2n) is 7.48. The number of likely N-dealkylation sites (N-methyl/N-ethyl adjacent to an activating group) is 1. The Morgan fingerprint density at radius 1 is 1.25 bits per heavy atom. The minimum atomic E-state index is 0.475. The molecule has 0 spiro atoms. The Morgan fingerprint density at radius 2 is 1.95 bits per heavy atom. The van der Waals surface area contributed by atoms with Crippen molar-refractivity contribution >= 4 is 0 Å². The van der Waals surface area contributed by atoms with Crippen LogP contribution in [0.1, 0.15) is 58.9 Å². The lowest BCUT2D eigenvalue weighted by Crippen LogP contribution is -2.40. The molecule has 0 saturated heterocycles. The first-order chi connectivity index (χ1) is 9.50. The average molecular weight is 277 g/mol. The smallest absolute Gasteiger partial charge is 0.0935 e. The van der Waals surface area contributed by atoms with Crippen molar-refractivity contribution in [3.05, 3.63) is 24.2 Å². The fourth-order valence-corrected chi connectivity index (χ4v) is 3.72. The van der Waals surface area contributed by atoms with Crippen LogP contribution in [0.4, 0.5) is 0 Å². The van der Waals surface area contributed by atoms with E-state index in [1.165, 1.54) is 31.2 Å². The van der Waals surface area contributed by atoms with Gasteiger partial charge in [-0.2, -0.15) is 0 Å². The van der Waals surface area contributed by atoms with E-state index >= 15 is 0 Å². The molecule has 1 aromatic heterocycles. The predicted molar refractivity (Wildman–Crippen MR) is 84.8 cm³/mol. The highest BCUT2D eigenvalue weighted by Crippen LogP contribution is 2.41. The van der Waals surface area contributed by atoms with Crippen LogP contribution in [0, 0.1) is 17.3 Å². The molecular formula is C18H31NO. The average Bonchev–Trinajstić information content (AvgIpc) is 2.90. The molecule has 2 rings (SSSR count). The quantitative estimate of drug-likeness (QED) is 0.847. The lowest BCUT2D eigenvalue weighted by molar-refractivity contribution is 0.132. The minimum absolute atomic E-state index is 0.475. The zero-order valence-corrected chi connectivity index (χ0v) is 13.6. The largest absolute Gasteiger partial charge is 0.472 e. The van der Waals surface area contributed by atoms with Gasteiger partial charge < -0.3 is 9.73 Å². The molecule has 1 saturated carbocycles. The van der Waals surface area contributed by atoms with E-state index in [2.05, 4.69) is 39.1 Å². The zero-order valence-electron chi connectivity index (χ0n) is 13.6. The highest BCUT2D eigenvalue weighted by Gasteiger charge is 2.32. The summed E-state index contributed by atoms with van der Waals surface area (Å²) in [4.78, 5) is 0. The molecule has 1 aliphatic carbocycles. The van der Waals surface area contributed by atoms with Crippen LogP contribution in [0.5, 0.6) is 0 Å². The van der Waals surface area contributed by atoms with Gasteiger partial charge in [0.2, 0.25) is 0 Å². The van der Waals surface area contributed by atoms with Gasteiger partial charge in [-0.25, -0.2) is 0 Å². The van der Waals surface area contributed by atoms with Crippen LogP contribution in [0.25, 0.3) is 0 Å². The maximum absolute atomic E-state index is 5.21. The van der Waals surface area contributed by atoms with Gasteiger partial charge in [-0.1, -0.05) is 27.7 Å². The Morgan fingerprint density at radius 3 is 2.45 bits per heavy atom. The molecule has 2 nitrogen and oxygen atoms in total. The molecule has 1 fully saturated rings. The molecule has 0 amide bonds. The van der Waals surface area contributed by atoms with Gasteiger partial charge in [0.1, 0.15) is 0 Å². The van der Waals surface area contributed by atoms with Gasteiger partial charge in [0.25, 0.3) is 0 Å². The van der Waals surface area contributed by atoms with Gasteiger partial charge >= 0.3 is 0 Å². The van der Waals surface area contributed by atoms with E-state index in [0.717, 1.165) is 24.8 Å². The second kappa shape index (κ2) is 6.80. The lowest BCUT2D eigenvalue weighted by atomic mass is 9.68. The zero-order chi connectivity index (χ0) is 14.6. The van der Waals surface area contributed by atoms with E-state index in [0.29, 0.717) is 11.5 Å². The highest BCUT2D eigenvalue weighted by molar-refractivity contribution is 5.08. The van der Waals surface area contributed by atoms with E-state index in [-0.39, 0.29) is 0 Å². The summed E-state index contributed by atoms with van der Waals surface area (Å²) in [6.07, 6.45) is 10.3. The molecule has 0 radical (unpaired) electrons. The molecule has 1 atom stereocenters. The molecule has 0 bridgehead atoms. The summed E-state index contributed by atoms with van der Waals surface area (Å²) in [5.74, 6) is 1.72. The molecule has 1 aromatic rings. The monoisotopic (exact) mass is 277 g/mol. The summed E-state index contributed by atoms with van der Waals surface area (Å²) < 4.78 is 5.21. The topological polar surface area (TPSA) is 25.2 Å². The molecule has 0 aromatic carbocycles. The standard InChI is InChI=1S/C18H31NO/c1-5-19-17(12-14-10-11-20-13-14)15-6-8-16(9-7-15)18(2,3)4/h10-11,13,15-17,19H,5-9,12H2,1-4H3. The van der Waals surface area contributed by atoms with E-state index < -0.39 is 0 Å². The van der Waals surface area contributed by atoms with Gasteiger partial charge in [0.15, 0.2) is 0 Å². The van der Waals surface area contributed by atoms with Crippen molar-refractivity contribution in [2.45, 2.75) is 65.8 Å². The van der Waals surface area contributed by atoms with E-state index in [4.69, 9.17) is 4.42 Å². The number of furan rings is 1. The molecule has 0 aliphatic heterocycles. The fourth-order valence-electron chi connectivity index (χ4n) is 3.72. The second-order valence-corrected chi connectivity index (χ2v) is 7.48. The van der Waals surface area contributed by atoms with E-state index in [1.54, 1.807) is 6.26 Å². The SMILES string of the molecule is CCNC(Cc1ccoc1)C1CCC(C(C)(C)C)CC1. The Bertz CT molecular complexity index is 369. The van der Waals surface area contributed by atoms with Crippen LogP contribution in [0.3, 0.4) is 0 Å². The lowest BCUT2D eigenvalue weighted by Gasteiger charge is -2.39. The molecule has 1 N–H and O–H groups in total. The Labute approximate surface area is 124 Å². The van der Waals surface area contributed by atoms with Crippen molar-refractivity contribution in [3.8, 4) is 0 Å². The van der Waals surface area contributed by atoms with Gasteiger partial charge in [-0.15, -0.1) is 0 Å². The normalized spacial score (nSPS) is 25.6. The number of hydrogen-bond donors (Lipinski definition) is 1. The van der Waals surface area contributed by atoms with E-state index in [9.17, 15) is 0 Å². The third kappa shape index (κ3) is 4.12. The Kier molecular flexibility index (Phi) is 5.31. The van der Waals surface area contributed by atoms with Crippen LogP contribution >= 0.6 is 0 Å². The van der Waals surface area contributed by atoms with Crippen LogP contribution in [0.2, 0.25) is 0 Å². The maximum atomic E-state index is 5.21. The Hall–Kier alpha value is -0.760. The highest BCUT2D eigenvalue weighted by atomic mass is 16.3. The molecule has 114 valence electrons. The fraction of sp³-hybridized carbons (Fsp3) is 0.778. The van der Waals surface area contributed by atoms with Gasteiger partial charge in [-0.3, -0.25) is 0 Å². The van der Waals surface area contributed by atoms with Gasteiger partial charge in [-0.05, 0) is 67.5 Å². The first-order valence-electron chi connectivity index (χ1n) is 8.25. The summed E-state index contributed by atoms with van der Waals surface area (Å²) >= 11 is 0. The minimum Gasteiger partial charge on any atom is -0.472 e. The molecule has 1 unspecified atom stereocenters. The van der Waals surface area contributed by atoms with Gasteiger partial charge in [0.05, 0.1) is 12.5 Å². The summed E-state index contributed by atoms with van der Waals surface area (Å²) in [6, 6.07) is 2.71. The first kappa shape index (κ1) is 15.6. The summed E-state index contributed by atoms with van der Waals surface area (Å²) in [6.45, 7) is 10.5. The molecule has 20 heavy (non-hydrogen) atoms. The summed E-state index contributed by atoms with van der Waals surface area (Å²) in [5.41, 5.74) is 1.80. The van der Waals surface area contributed by atoms with Crippen molar-refractivity contribution in [2.24, 2.45) is 17.3 Å². The van der Waals surface area contributed by atoms with Crippen molar-refractivity contribution in [1.82, 2.24) is 5.32 Å². The third-order valence-electron chi connectivity index (χ3n) is 5.07. The van der Waals surface area contributed by atoms with Crippen molar-refractivity contribution in [3.63, 3.8) is 0 Å². The van der Waals surface area contributed by atoms with Crippen LogP contribution < -0.4 is 5.32 Å². The van der Waals surface area contributed by atoms with Crippen LogP contribution in [0.15, 0.2) is 23.0 Å². The van der Waals surface area contributed by atoms with Crippen molar-refractivity contribution in [1.29, 1.82) is 0 Å². The predicted octanol–water partition coefficient (Wildman–Crippen LogP) is 4.65. The first-order valence-corrected chi connectivity index (χ1v) is 8.25. The summed E-state index contributed by atoms with van der Waals surface area (Å²) in [7, 11) is 0. The van der Waals surface area contributed by atoms with Crippen LogP contribution in [-0.2, 0) is 6.42 Å². The van der Waals surface area contributed by atoms with Crippen molar-refractivity contribution < 1.29 is 4.42 Å². The third-order valence-corrected chi connectivity index (χ3v) is 5.07. The molecule has 1 aliphatic rings. The molecular weight excluding hydrogens is 246 g/mol.